The highest BCUT2D eigenvalue weighted by Crippen LogP contribution is 2.11. The molecule has 1 rings (SSSR count). The Morgan fingerprint density at radius 1 is 1.62 bits per heavy atom. The van der Waals surface area contributed by atoms with Crippen molar-refractivity contribution in [2.75, 3.05) is 33.9 Å². The van der Waals surface area contributed by atoms with Crippen molar-refractivity contribution in [1.29, 1.82) is 0 Å². The number of carbonyl (C=O) groups is 1. The summed E-state index contributed by atoms with van der Waals surface area (Å²) in [5.74, 6) is 0.0737. The largest absolute Gasteiger partial charge is 0.389 e. The first-order valence-corrected chi connectivity index (χ1v) is 5.80. The number of nitrogens with zero attached hydrogens (tertiary/aromatic N) is 1. The molecular weight excluding hydrogens is 208 g/mol. The second-order valence-electron chi connectivity index (χ2n) is 4.35. The normalized spacial score (nSPS) is 24.0. The lowest BCUT2D eigenvalue weighted by Gasteiger charge is -2.27. The molecule has 0 spiro atoms. The van der Waals surface area contributed by atoms with E-state index in [1.54, 1.807) is 7.11 Å². The molecular formula is C11H22N2O3. The fourth-order valence-electron chi connectivity index (χ4n) is 2.05. The van der Waals surface area contributed by atoms with Gasteiger partial charge in [-0.05, 0) is 26.3 Å². The van der Waals surface area contributed by atoms with Gasteiger partial charge in [0.05, 0.1) is 18.8 Å². The van der Waals surface area contributed by atoms with Gasteiger partial charge in [-0.1, -0.05) is 0 Å². The third-order valence-electron chi connectivity index (χ3n) is 2.90. The molecule has 2 N–H and O–H groups in total. The van der Waals surface area contributed by atoms with E-state index in [0.717, 1.165) is 25.8 Å². The van der Waals surface area contributed by atoms with E-state index in [2.05, 4.69) is 5.32 Å². The Balaban J connectivity index is 2.43. The van der Waals surface area contributed by atoms with Gasteiger partial charge in [-0.2, -0.15) is 0 Å². The maximum absolute atomic E-state index is 11.7. The van der Waals surface area contributed by atoms with Gasteiger partial charge in [0.25, 0.3) is 0 Å². The fourth-order valence-corrected chi connectivity index (χ4v) is 2.05. The van der Waals surface area contributed by atoms with Crippen LogP contribution in [0.25, 0.3) is 0 Å². The zero-order valence-corrected chi connectivity index (χ0v) is 10.1. The third-order valence-corrected chi connectivity index (χ3v) is 2.90. The van der Waals surface area contributed by atoms with Gasteiger partial charge in [0.1, 0.15) is 0 Å². The van der Waals surface area contributed by atoms with E-state index in [-0.39, 0.29) is 11.9 Å². The first-order chi connectivity index (χ1) is 7.65. The van der Waals surface area contributed by atoms with Gasteiger partial charge in [-0.15, -0.1) is 0 Å². The maximum atomic E-state index is 11.7. The van der Waals surface area contributed by atoms with Gasteiger partial charge < -0.3 is 15.2 Å². The number of likely N-dealkylation sites (N-methyl/N-ethyl adjacent to an activating group) is 1. The van der Waals surface area contributed by atoms with Crippen LogP contribution in [0.15, 0.2) is 0 Å². The van der Waals surface area contributed by atoms with Gasteiger partial charge in [0, 0.05) is 20.2 Å². The number of amides is 1. The van der Waals surface area contributed by atoms with Crippen LogP contribution in [-0.2, 0) is 9.53 Å². The standard InChI is InChI=1S/C11H22N2O3/c1-13(7-9(14)8-16-2)10-5-3-4-6-12-11(10)15/h9-10,14H,3-8H2,1-2H3,(H,12,15). The van der Waals surface area contributed by atoms with Crippen LogP contribution >= 0.6 is 0 Å². The molecule has 1 amide bonds. The minimum absolute atomic E-state index is 0.0737. The summed E-state index contributed by atoms with van der Waals surface area (Å²) in [7, 11) is 3.43. The molecule has 94 valence electrons. The number of hydrogen-bond donors (Lipinski definition) is 2. The Morgan fingerprint density at radius 3 is 3.06 bits per heavy atom. The summed E-state index contributed by atoms with van der Waals surface area (Å²) in [4.78, 5) is 13.6. The quantitative estimate of drug-likeness (QED) is 0.674. The lowest BCUT2D eigenvalue weighted by Crippen LogP contribution is -2.47. The lowest BCUT2D eigenvalue weighted by molar-refractivity contribution is -0.126. The van der Waals surface area contributed by atoms with E-state index in [4.69, 9.17) is 4.74 Å². The summed E-state index contributed by atoms with van der Waals surface area (Å²) < 4.78 is 4.87. The summed E-state index contributed by atoms with van der Waals surface area (Å²) in [6.45, 7) is 1.54. The monoisotopic (exact) mass is 230 g/mol. The molecule has 16 heavy (non-hydrogen) atoms. The first-order valence-electron chi connectivity index (χ1n) is 5.80. The molecule has 1 heterocycles. The van der Waals surface area contributed by atoms with Crippen LogP contribution in [0.1, 0.15) is 19.3 Å². The maximum Gasteiger partial charge on any atom is 0.237 e. The number of hydrogen-bond acceptors (Lipinski definition) is 4. The zero-order chi connectivity index (χ0) is 12.0. The highest BCUT2D eigenvalue weighted by Gasteiger charge is 2.25. The minimum Gasteiger partial charge on any atom is -0.389 e. The Morgan fingerprint density at radius 2 is 2.38 bits per heavy atom. The molecule has 5 nitrogen and oxygen atoms in total. The van der Waals surface area contributed by atoms with Crippen molar-refractivity contribution in [1.82, 2.24) is 10.2 Å². The molecule has 0 saturated carbocycles. The topological polar surface area (TPSA) is 61.8 Å². The van der Waals surface area contributed by atoms with E-state index in [0.29, 0.717) is 13.2 Å². The van der Waals surface area contributed by atoms with Crippen LogP contribution in [0.2, 0.25) is 0 Å². The zero-order valence-electron chi connectivity index (χ0n) is 10.1. The summed E-state index contributed by atoms with van der Waals surface area (Å²) in [5, 5.41) is 12.5. The van der Waals surface area contributed by atoms with Crippen molar-refractivity contribution >= 4 is 5.91 Å². The van der Waals surface area contributed by atoms with Crippen molar-refractivity contribution in [2.24, 2.45) is 0 Å². The molecule has 2 atom stereocenters. The molecule has 1 aliphatic heterocycles. The van der Waals surface area contributed by atoms with Gasteiger partial charge >= 0.3 is 0 Å². The van der Waals surface area contributed by atoms with Crippen LogP contribution in [0.5, 0.6) is 0 Å². The molecule has 0 aromatic heterocycles. The molecule has 0 radical (unpaired) electrons. The van der Waals surface area contributed by atoms with Crippen LogP contribution < -0.4 is 5.32 Å². The second kappa shape index (κ2) is 6.83. The SMILES string of the molecule is COCC(O)CN(C)C1CCCCNC1=O. The van der Waals surface area contributed by atoms with Crippen LogP contribution in [0.4, 0.5) is 0 Å². The van der Waals surface area contributed by atoms with Crippen molar-refractivity contribution in [3.63, 3.8) is 0 Å². The van der Waals surface area contributed by atoms with Crippen molar-refractivity contribution < 1.29 is 14.6 Å². The summed E-state index contributed by atoms with van der Waals surface area (Å²) >= 11 is 0. The molecule has 1 aliphatic rings. The Hall–Kier alpha value is -0.650. The van der Waals surface area contributed by atoms with E-state index in [9.17, 15) is 9.90 Å². The van der Waals surface area contributed by atoms with Gasteiger partial charge in [0.2, 0.25) is 5.91 Å². The predicted octanol–water partition coefficient (Wildman–Crippen LogP) is -0.406. The Kier molecular flexibility index (Phi) is 5.73. The average molecular weight is 230 g/mol. The number of aliphatic hydroxyl groups is 1. The van der Waals surface area contributed by atoms with E-state index >= 15 is 0 Å². The molecule has 0 bridgehead atoms. The highest BCUT2D eigenvalue weighted by atomic mass is 16.5. The number of carbonyl (C=O) groups excluding carboxylic acids is 1. The summed E-state index contributed by atoms with van der Waals surface area (Å²) in [6, 6.07) is -0.117. The van der Waals surface area contributed by atoms with E-state index < -0.39 is 6.10 Å². The van der Waals surface area contributed by atoms with E-state index in [1.165, 1.54) is 0 Å². The fraction of sp³-hybridized carbons (Fsp3) is 0.909. The number of methoxy groups -OCH3 is 1. The third kappa shape index (κ3) is 4.08. The second-order valence-corrected chi connectivity index (χ2v) is 4.35. The van der Waals surface area contributed by atoms with Crippen molar-refractivity contribution in [3.05, 3.63) is 0 Å². The van der Waals surface area contributed by atoms with Gasteiger partial charge in [-0.25, -0.2) is 0 Å². The number of ether oxygens (including phenoxy) is 1. The molecule has 5 heteroatoms. The lowest BCUT2D eigenvalue weighted by atomic mass is 10.1. The Bertz CT molecular complexity index is 223. The minimum atomic E-state index is -0.536. The molecule has 1 fully saturated rings. The predicted molar refractivity (Wildman–Crippen MR) is 61.2 cm³/mol. The first kappa shape index (κ1) is 13.4. The molecule has 0 aromatic carbocycles. The summed E-state index contributed by atoms with van der Waals surface area (Å²) in [6.07, 6.45) is 2.42. The number of aliphatic hydroxyl groups excluding tert-OH is 1. The number of rotatable bonds is 5. The number of nitrogens with one attached hydrogen (secondary N) is 1. The summed E-state index contributed by atoms with van der Waals surface area (Å²) in [5.41, 5.74) is 0. The smallest absolute Gasteiger partial charge is 0.237 e. The molecule has 0 aliphatic carbocycles. The molecule has 2 unspecified atom stereocenters. The van der Waals surface area contributed by atoms with Crippen LogP contribution in [0.3, 0.4) is 0 Å². The average Bonchev–Trinajstić information content (AvgIpc) is 2.43. The van der Waals surface area contributed by atoms with E-state index in [1.807, 2.05) is 11.9 Å². The van der Waals surface area contributed by atoms with Crippen LogP contribution in [-0.4, -0.2) is 61.9 Å². The Labute approximate surface area is 96.8 Å². The van der Waals surface area contributed by atoms with Crippen molar-refractivity contribution in [2.45, 2.75) is 31.4 Å². The molecule has 1 saturated heterocycles. The highest BCUT2D eigenvalue weighted by molar-refractivity contribution is 5.81. The molecule has 0 aromatic rings. The van der Waals surface area contributed by atoms with Crippen molar-refractivity contribution in [3.8, 4) is 0 Å². The van der Waals surface area contributed by atoms with Crippen LogP contribution in [0, 0.1) is 0 Å². The van der Waals surface area contributed by atoms with Gasteiger partial charge in [-0.3, -0.25) is 9.69 Å². The van der Waals surface area contributed by atoms with Gasteiger partial charge in [0.15, 0.2) is 0 Å².